The van der Waals surface area contributed by atoms with Crippen LogP contribution >= 0.6 is 35.0 Å². The summed E-state index contributed by atoms with van der Waals surface area (Å²) in [6.07, 6.45) is 0. The van der Waals surface area contributed by atoms with Gasteiger partial charge in [0, 0.05) is 10.6 Å². The quantitative estimate of drug-likeness (QED) is 0.591. The number of thioether (sulfide) groups is 1. The van der Waals surface area contributed by atoms with Crippen LogP contribution < -0.4 is 15.8 Å². The molecule has 1 atom stereocenters. The molecule has 7 heteroatoms. The number of amides is 1. The van der Waals surface area contributed by atoms with Crippen molar-refractivity contribution >= 4 is 52.2 Å². The third kappa shape index (κ3) is 4.70. The molecule has 0 heterocycles. The van der Waals surface area contributed by atoms with Crippen LogP contribution in [0.25, 0.3) is 0 Å². The highest BCUT2D eigenvalue weighted by Gasteiger charge is 2.16. The van der Waals surface area contributed by atoms with E-state index in [2.05, 4.69) is 5.32 Å². The Balaban J connectivity index is 2.02. The van der Waals surface area contributed by atoms with Gasteiger partial charge in [0.1, 0.15) is 5.75 Å². The molecule has 122 valence electrons. The van der Waals surface area contributed by atoms with Crippen LogP contribution in [-0.2, 0) is 4.79 Å². The molecule has 0 saturated carbocycles. The molecular weight excluding hydrogens is 355 g/mol. The Kier molecular flexibility index (Phi) is 6.04. The second-order valence-electron chi connectivity index (χ2n) is 4.78. The summed E-state index contributed by atoms with van der Waals surface area (Å²) in [6.45, 7) is 1.82. The van der Waals surface area contributed by atoms with Crippen LogP contribution in [0, 0.1) is 0 Å². The molecule has 2 aromatic carbocycles. The average molecular weight is 371 g/mol. The van der Waals surface area contributed by atoms with Crippen molar-refractivity contribution in [1.29, 1.82) is 0 Å². The van der Waals surface area contributed by atoms with E-state index in [1.807, 2.05) is 31.2 Å². The predicted octanol–water partition coefficient (Wildman–Crippen LogP) is 4.70. The molecule has 0 aliphatic carbocycles. The van der Waals surface area contributed by atoms with Crippen molar-refractivity contribution in [3.8, 4) is 5.75 Å². The van der Waals surface area contributed by atoms with Crippen molar-refractivity contribution in [3.05, 3.63) is 46.4 Å². The van der Waals surface area contributed by atoms with Crippen LogP contribution in [0.15, 0.2) is 41.3 Å². The number of ether oxygens (including phenoxy) is 1. The standard InChI is InChI=1S/C16H16Cl2N2O2S/c1-9(23-12-5-3-11(22-2)4-6-12)16(21)20-10-7-13(17)15(19)14(18)8-10/h3-9H,19H2,1-2H3,(H,20,21). The number of nitrogens with two attached hydrogens (primary N) is 1. The third-order valence-electron chi connectivity index (χ3n) is 3.09. The Bertz CT molecular complexity index is 685. The Labute approximate surface area is 149 Å². The summed E-state index contributed by atoms with van der Waals surface area (Å²) in [6, 6.07) is 10.7. The van der Waals surface area contributed by atoms with Crippen molar-refractivity contribution in [2.24, 2.45) is 0 Å². The Morgan fingerprint density at radius 3 is 2.30 bits per heavy atom. The third-order valence-corrected chi connectivity index (χ3v) is 4.83. The zero-order valence-electron chi connectivity index (χ0n) is 12.6. The molecule has 0 aliphatic heterocycles. The van der Waals surface area contributed by atoms with E-state index in [1.54, 1.807) is 19.2 Å². The van der Waals surface area contributed by atoms with E-state index in [-0.39, 0.29) is 11.2 Å². The molecule has 0 aromatic heterocycles. The summed E-state index contributed by atoms with van der Waals surface area (Å²) in [5.74, 6) is 0.625. The summed E-state index contributed by atoms with van der Waals surface area (Å²) in [5.41, 5.74) is 6.49. The van der Waals surface area contributed by atoms with Gasteiger partial charge in [0.15, 0.2) is 0 Å². The lowest BCUT2D eigenvalue weighted by Crippen LogP contribution is -2.22. The second-order valence-corrected chi connectivity index (χ2v) is 7.01. The summed E-state index contributed by atoms with van der Waals surface area (Å²) in [5, 5.41) is 3.11. The number of hydrogen-bond acceptors (Lipinski definition) is 4. The van der Waals surface area contributed by atoms with Crippen molar-refractivity contribution < 1.29 is 9.53 Å². The molecule has 23 heavy (non-hydrogen) atoms. The van der Waals surface area contributed by atoms with Crippen LogP contribution in [0.1, 0.15) is 6.92 Å². The van der Waals surface area contributed by atoms with Crippen LogP contribution in [0.4, 0.5) is 11.4 Å². The fourth-order valence-corrected chi connectivity index (χ4v) is 3.17. The number of carbonyl (C=O) groups is 1. The highest BCUT2D eigenvalue weighted by molar-refractivity contribution is 8.00. The molecule has 0 fully saturated rings. The van der Waals surface area contributed by atoms with E-state index < -0.39 is 0 Å². The molecule has 0 spiro atoms. The fourth-order valence-electron chi connectivity index (χ4n) is 1.81. The molecule has 0 radical (unpaired) electrons. The van der Waals surface area contributed by atoms with Gasteiger partial charge in [-0.05, 0) is 43.3 Å². The zero-order chi connectivity index (χ0) is 17.0. The molecule has 2 aromatic rings. The van der Waals surface area contributed by atoms with Gasteiger partial charge in [0.2, 0.25) is 5.91 Å². The molecular formula is C16H16Cl2N2O2S. The lowest BCUT2D eigenvalue weighted by molar-refractivity contribution is -0.115. The van der Waals surface area contributed by atoms with Gasteiger partial charge in [-0.2, -0.15) is 0 Å². The number of hydrogen-bond donors (Lipinski definition) is 2. The first-order valence-electron chi connectivity index (χ1n) is 6.77. The fraction of sp³-hybridized carbons (Fsp3) is 0.188. The minimum atomic E-state index is -0.293. The van der Waals surface area contributed by atoms with Crippen molar-refractivity contribution in [2.45, 2.75) is 17.1 Å². The Morgan fingerprint density at radius 2 is 1.78 bits per heavy atom. The van der Waals surface area contributed by atoms with E-state index >= 15 is 0 Å². The number of methoxy groups -OCH3 is 1. The van der Waals surface area contributed by atoms with Gasteiger partial charge in [-0.3, -0.25) is 4.79 Å². The molecule has 4 nitrogen and oxygen atoms in total. The van der Waals surface area contributed by atoms with Gasteiger partial charge >= 0.3 is 0 Å². The number of benzene rings is 2. The van der Waals surface area contributed by atoms with Crippen LogP contribution in [0.2, 0.25) is 10.0 Å². The van der Waals surface area contributed by atoms with Crippen LogP contribution in [-0.4, -0.2) is 18.3 Å². The number of rotatable bonds is 5. The zero-order valence-corrected chi connectivity index (χ0v) is 14.9. The maximum Gasteiger partial charge on any atom is 0.237 e. The molecule has 3 N–H and O–H groups in total. The molecule has 1 unspecified atom stereocenters. The first-order valence-corrected chi connectivity index (χ1v) is 8.40. The van der Waals surface area contributed by atoms with E-state index in [9.17, 15) is 4.79 Å². The van der Waals surface area contributed by atoms with Gasteiger partial charge in [-0.15, -0.1) is 11.8 Å². The topological polar surface area (TPSA) is 64.3 Å². The van der Waals surface area contributed by atoms with Crippen molar-refractivity contribution in [1.82, 2.24) is 0 Å². The molecule has 0 aliphatic rings. The molecule has 1 amide bonds. The maximum absolute atomic E-state index is 12.3. The summed E-state index contributed by atoms with van der Waals surface area (Å²) in [7, 11) is 1.61. The van der Waals surface area contributed by atoms with E-state index in [4.69, 9.17) is 33.7 Å². The number of nitrogen functional groups attached to an aromatic ring is 1. The van der Waals surface area contributed by atoms with Crippen molar-refractivity contribution in [3.63, 3.8) is 0 Å². The SMILES string of the molecule is COc1ccc(SC(C)C(=O)Nc2cc(Cl)c(N)c(Cl)c2)cc1. The van der Waals surface area contributed by atoms with Gasteiger partial charge in [0.25, 0.3) is 0 Å². The second kappa shape index (κ2) is 7.81. The minimum absolute atomic E-state index is 0.150. The van der Waals surface area contributed by atoms with Crippen LogP contribution in [0.3, 0.4) is 0 Å². The minimum Gasteiger partial charge on any atom is -0.497 e. The Morgan fingerprint density at radius 1 is 1.22 bits per heavy atom. The van der Waals surface area contributed by atoms with Gasteiger partial charge in [-0.1, -0.05) is 23.2 Å². The van der Waals surface area contributed by atoms with E-state index in [0.717, 1.165) is 10.6 Å². The number of anilines is 2. The summed E-state index contributed by atoms with van der Waals surface area (Å²) < 4.78 is 5.11. The smallest absolute Gasteiger partial charge is 0.237 e. The maximum atomic E-state index is 12.3. The lowest BCUT2D eigenvalue weighted by Gasteiger charge is -2.13. The Hall–Kier alpha value is -1.56. The highest BCUT2D eigenvalue weighted by atomic mass is 35.5. The van der Waals surface area contributed by atoms with Gasteiger partial charge in [-0.25, -0.2) is 0 Å². The van der Waals surface area contributed by atoms with E-state index in [1.165, 1.54) is 11.8 Å². The summed E-state index contributed by atoms with van der Waals surface area (Å²) in [4.78, 5) is 13.2. The first-order chi connectivity index (χ1) is 10.9. The number of carbonyl (C=O) groups excluding carboxylic acids is 1. The van der Waals surface area contributed by atoms with Gasteiger partial charge < -0.3 is 15.8 Å². The normalized spacial score (nSPS) is 11.8. The van der Waals surface area contributed by atoms with Gasteiger partial charge in [0.05, 0.1) is 28.1 Å². The average Bonchev–Trinajstić information content (AvgIpc) is 2.53. The monoisotopic (exact) mass is 370 g/mol. The van der Waals surface area contributed by atoms with Crippen LogP contribution in [0.5, 0.6) is 5.75 Å². The van der Waals surface area contributed by atoms with E-state index in [0.29, 0.717) is 21.4 Å². The molecule has 0 saturated heterocycles. The largest absolute Gasteiger partial charge is 0.497 e. The lowest BCUT2D eigenvalue weighted by atomic mass is 10.2. The molecule has 2 rings (SSSR count). The molecule has 0 bridgehead atoms. The number of halogens is 2. The first kappa shape index (κ1) is 17.8. The summed E-state index contributed by atoms with van der Waals surface area (Å²) >= 11 is 13.4. The highest BCUT2D eigenvalue weighted by Crippen LogP contribution is 2.32. The number of nitrogens with one attached hydrogen (secondary N) is 1. The predicted molar refractivity (Wildman–Crippen MR) is 97.8 cm³/mol. The van der Waals surface area contributed by atoms with Crippen molar-refractivity contribution in [2.75, 3.05) is 18.2 Å².